The molecule has 0 radical (unpaired) electrons. The van der Waals surface area contributed by atoms with Crippen LogP contribution in [0.25, 0.3) is 17.2 Å². The van der Waals surface area contributed by atoms with Crippen molar-refractivity contribution in [1.29, 1.82) is 0 Å². The largest absolute Gasteiger partial charge is 0.397 e. The number of para-hydroxylation sites is 2. The van der Waals surface area contributed by atoms with Crippen LogP contribution in [-0.4, -0.2) is 43.1 Å². The fourth-order valence-electron chi connectivity index (χ4n) is 4.38. The first-order valence-electron chi connectivity index (χ1n) is 12.8. The number of aliphatic hydroxyl groups is 1. The van der Waals surface area contributed by atoms with E-state index >= 15 is 0 Å². The molecule has 0 spiro atoms. The maximum Gasteiger partial charge on any atom is 0.248 e. The summed E-state index contributed by atoms with van der Waals surface area (Å²) in [5.41, 5.74) is 10.3. The second-order valence-corrected chi connectivity index (χ2v) is 9.39. The Bertz CT molecular complexity index is 1440. The summed E-state index contributed by atoms with van der Waals surface area (Å²) in [6.45, 7) is 0. The lowest BCUT2D eigenvalue weighted by atomic mass is 9.93. The van der Waals surface area contributed by atoms with Crippen LogP contribution in [0.1, 0.15) is 31.2 Å². The van der Waals surface area contributed by atoms with E-state index in [1.54, 1.807) is 36.8 Å². The molecule has 5 rings (SSSR count). The minimum Gasteiger partial charge on any atom is -0.397 e. The van der Waals surface area contributed by atoms with Gasteiger partial charge in [0, 0.05) is 47.5 Å². The lowest BCUT2D eigenvalue weighted by molar-refractivity contribution is -0.111. The normalized spacial score (nSPS) is 17.1. The number of hydrogen-bond donors (Lipinski definition) is 5. The minimum absolute atomic E-state index is 0.209. The number of carbonyl (C=O) groups is 1. The highest BCUT2D eigenvalue weighted by molar-refractivity contribution is 6.03. The zero-order chi connectivity index (χ0) is 27.0. The van der Waals surface area contributed by atoms with Gasteiger partial charge in [-0.2, -0.15) is 4.98 Å². The lowest BCUT2D eigenvalue weighted by Crippen LogP contribution is -2.28. The summed E-state index contributed by atoms with van der Waals surface area (Å²) in [4.78, 5) is 29.8. The van der Waals surface area contributed by atoms with Crippen molar-refractivity contribution < 1.29 is 9.90 Å². The molecular formula is C29H30N8O2. The van der Waals surface area contributed by atoms with E-state index in [0.717, 1.165) is 48.1 Å². The number of hydrogen-bond acceptors (Lipinski definition) is 9. The van der Waals surface area contributed by atoms with Crippen molar-refractivity contribution in [2.24, 2.45) is 0 Å². The van der Waals surface area contributed by atoms with E-state index in [-0.39, 0.29) is 18.1 Å². The van der Waals surface area contributed by atoms with Gasteiger partial charge in [-0.25, -0.2) is 15.0 Å². The summed E-state index contributed by atoms with van der Waals surface area (Å²) in [7, 11) is 0. The molecule has 1 fully saturated rings. The number of nitrogens with one attached hydrogen (secondary N) is 3. The van der Waals surface area contributed by atoms with Crippen LogP contribution < -0.4 is 21.7 Å². The first kappa shape index (κ1) is 25.8. The number of amides is 1. The predicted molar refractivity (Wildman–Crippen MR) is 153 cm³/mol. The van der Waals surface area contributed by atoms with E-state index in [9.17, 15) is 9.90 Å². The number of nitrogens with zero attached hydrogens (tertiary/aromatic N) is 4. The molecule has 2 heterocycles. The molecule has 0 atom stereocenters. The van der Waals surface area contributed by atoms with Gasteiger partial charge in [-0.1, -0.05) is 24.3 Å². The van der Waals surface area contributed by atoms with Crippen molar-refractivity contribution in [1.82, 2.24) is 19.9 Å². The summed E-state index contributed by atoms with van der Waals surface area (Å²) in [5, 5.41) is 19.4. The van der Waals surface area contributed by atoms with Gasteiger partial charge in [-0.15, -0.1) is 0 Å². The Kier molecular flexibility index (Phi) is 8.03. The van der Waals surface area contributed by atoms with Crippen molar-refractivity contribution in [2.45, 2.75) is 37.8 Å². The number of aromatic nitrogens is 4. The molecule has 198 valence electrons. The van der Waals surface area contributed by atoms with Crippen LogP contribution in [0.4, 0.5) is 28.8 Å². The molecule has 1 aliphatic rings. The highest BCUT2D eigenvalue weighted by atomic mass is 16.3. The summed E-state index contributed by atoms with van der Waals surface area (Å²) in [5.74, 6) is 0.866. The average molecular weight is 523 g/mol. The number of anilines is 5. The molecule has 0 saturated heterocycles. The van der Waals surface area contributed by atoms with E-state index in [1.807, 2.05) is 36.4 Å². The zero-order valence-electron chi connectivity index (χ0n) is 21.3. The van der Waals surface area contributed by atoms with E-state index in [1.165, 1.54) is 12.4 Å². The van der Waals surface area contributed by atoms with Gasteiger partial charge in [0.05, 0.1) is 17.5 Å². The second-order valence-electron chi connectivity index (χ2n) is 9.39. The van der Waals surface area contributed by atoms with Crippen LogP contribution in [0.5, 0.6) is 0 Å². The highest BCUT2D eigenvalue weighted by Gasteiger charge is 2.21. The van der Waals surface area contributed by atoms with Crippen molar-refractivity contribution in [3.05, 3.63) is 85.1 Å². The Balaban J connectivity index is 1.27. The fraction of sp³-hybridized carbons (Fsp3) is 0.207. The Hall–Kier alpha value is -4.83. The number of nitrogens with two attached hydrogens (primary N) is 1. The maximum absolute atomic E-state index is 12.3. The van der Waals surface area contributed by atoms with Crippen molar-refractivity contribution in [3.8, 4) is 11.1 Å². The third-order valence-corrected chi connectivity index (χ3v) is 6.51. The van der Waals surface area contributed by atoms with Crippen LogP contribution in [0, 0.1) is 0 Å². The second kappa shape index (κ2) is 12.1. The van der Waals surface area contributed by atoms with Crippen LogP contribution in [0.3, 0.4) is 0 Å². The van der Waals surface area contributed by atoms with Gasteiger partial charge in [0.1, 0.15) is 12.1 Å². The molecule has 4 aromatic rings. The van der Waals surface area contributed by atoms with Crippen LogP contribution >= 0.6 is 0 Å². The molecule has 6 N–H and O–H groups in total. The van der Waals surface area contributed by atoms with Crippen molar-refractivity contribution >= 4 is 40.8 Å². The molecule has 39 heavy (non-hydrogen) atoms. The van der Waals surface area contributed by atoms with Gasteiger partial charge in [0.2, 0.25) is 11.9 Å². The standard InChI is InChI=1S/C29H30N8O2/c30-25-3-1-2-4-26(25)36-27(39)14-7-19-5-8-22(9-6-19)35-29-33-17-24(20-15-31-18-32-16-20)28(37-29)34-21-10-12-23(38)13-11-21/h1-9,14-18,21,23,38H,10-13,30H2,(H,36,39)(H2,33,34,35,37)/b14-7+/t21-,23-. The first-order chi connectivity index (χ1) is 19.0. The number of rotatable bonds is 8. The van der Waals surface area contributed by atoms with Gasteiger partial charge < -0.3 is 26.8 Å². The molecular weight excluding hydrogens is 492 g/mol. The molecule has 2 aromatic carbocycles. The molecule has 10 nitrogen and oxygen atoms in total. The number of carbonyl (C=O) groups excluding carboxylic acids is 1. The molecule has 1 saturated carbocycles. The lowest BCUT2D eigenvalue weighted by Gasteiger charge is -2.27. The van der Waals surface area contributed by atoms with Gasteiger partial charge in [-0.05, 0) is 61.6 Å². The Morgan fingerprint density at radius 2 is 1.72 bits per heavy atom. The molecule has 0 unspecified atom stereocenters. The van der Waals surface area contributed by atoms with Crippen molar-refractivity contribution in [2.75, 3.05) is 21.7 Å². The maximum atomic E-state index is 12.3. The monoisotopic (exact) mass is 522 g/mol. The molecule has 1 aliphatic carbocycles. The molecule has 0 bridgehead atoms. The van der Waals surface area contributed by atoms with Gasteiger partial charge in [-0.3, -0.25) is 4.79 Å². The van der Waals surface area contributed by atoms with Crippen LogP contribution in [-0.2, 0) is 4.79 Å². The smallest absolute Gasteiger partial charge is 0.248 e. The topological polar surface area (TPSA) is 151 Å². The summed E-state index contributed by atoms with van der Waals surface area (Å²) in [6, 6.07) is 14.9. The van der Waals surface area contributed by atoms with Gasteiger partial charge in [0.25, 0.3) is 0 Å². The van der Waals surface area contributed by atoms with E-state index in [0.29, 0.717) is 23.1 Å². The Labute approximate surface area is 226 Å². The van der Waals surface area contributed by atoms with E-state index in [2.05, 4.69) is 30.9 Å². The Morgan fingerprint density at radius 3 is 2.46 bits per heavy atom. The predicted octanol–water partition coefficient (Wildman–Crippen LogP) is 4.63. The van der Waals surface area contributed by atoms with E-state index in [4.69, 9.17) is 10.7 Å². The quantitative estimate of drug-likeness (QED) is 0.165. The summed E-state index contributed by atoms with van der Waals surface area (Å²) in [6.07, 6.45) is 12.9. The first-order valence-corrected chi connectivity index (χ1v) is 12.8. The zero-order valence-corrected chi connectivity index (χ0v) is 21.3. The number of nitrogen functional groups attached to an aromatic ring is 1. The van der Waals surface area contributed by atoms with Gasteiger partial charge >= 0.3 is 0 Å². The highest BCUT2D eigenvalue weighted by Crippen LogP contribution is 2.30. The fourth-order valence-corrected chi connectivity index (χ4v) is 4.38. The van der Waals surface area contributed by atoms with Crippen molar-refractivity contribution in [3.63, 3.8) is 0 Å². The molecule has 0 aliphatic heterocycles. The van der Waals surface area contributed by atoms with Gasteiger partial charge in [0.15, 0.2) is 0 Å². The van der Waals surface area contributed by atoms with Crippen LogP contribution in [0.15, 0.2) is 79.5 Å². The summed E-state index contributed by atoms with van der Waals surface area (Å²) < 4.78 is 0. The molecule has 10 heteroatoms. The minimum atomic E-state index is -0.264. The SMILES string of the molecule is Nc1ccccc1NC(=O)/C=C/c1ccc(Nc2ncc(-c3cncnc3)c(N[C@H]3CC[C@H](O)CC3)n2)cc1. The van der Waals surface area contributed by atoms with Crippen LogP contribution in [0.2, 0.25) is 0 Å². The number of aliphatic hydroxyl groups excluding tert-OH is 1. The molecule has 2 aromatic heterocycles. The number of benzene rings is 2. The third-order valence-electron chi connectivity index (χ3n) is 6.51. The third kappa shape index (κ3) is 6.93. The average Bonchev–Trinajstić information content (AvgIpc) is 2.96. The Morgan fingerprint density at radius 1 is 0.974 bits per heavy atom. The molecule has 1 amide bonds. The summed E-state index contributed by atoms with van der Waals surface area (Å²) >= 11 is 0. The van der Waals surface area contributed by atoms with E-state index < -0.39 is 0 Å².